The van der Waals surface area contributed by atoms with Gasteiger partial charge in [-0.1, -0.05) is 0 Å². The van der Waals surface area contributed by atoms with E-state index in [4.69, 9.17) is 5.11 Å². The molecule has 0 aromatic carbocycles. The molecule has 7 nitrogen and oxygen atoms in total. The van der Waals surface area contributed by atoms with Crippen molar-refractivity contribution >= 4 is 17.9 Å². The molecular weight excluding hydrogens is 250 g/mol. The number of amides is 3. The summed E-state index contributed by atoms with van der Waals surface area (Å²) in [6, 6.07) is 0.0996. The van der Waals surface area contributed by atoms with E-state index >= 15 is 0 Å². The third-order valence-corrected chi connectivity index (χ3v) is 3.24. The van der Waals surface area contributed by atoms with Crippen LogP contribution in [0, 0.1) is 5.92 Å². The Bertz CT molecular complexity index is 377. The number of nitrogens with one attached hydrogen (secondary N) is 2. The van der Waals surface area contributed by atoms with E-state index < -0.39 is 18.4 Å². The molecule has 3 amide bonds. The van der Waals surface area contributed by atoms with Gasteiger partial charge in [0.25, 0.3) is 0 Å². The summed E-state index contributed by atoms with van der Waals surface area (Å²) in [6.07, 6.45) is 4.42. The first kappa shape index (κ1) is 13.6. The second-order valence-corrected chi connectivity index (χ2v) is 5.16. The van der Waals surface area contributed by atoms with Crippen LogP contribution in [0.25, 0.3) is 0 Å². The summed E-state index contributed by atoms with van der Waals surface area (Å²) in [4.78, 5) is 35.3. The molecule has 0 unspecified atom stereocenters. The number of carbonyl (C=O) groups excluding carboxylic acids is 2. The van der Waals surface area contributed by atoms with Gasteiger partial charge in [0.05, 0.1) is 6.54 Å². The summed E-state index contributed by atoms with van der Waals surface area (Å²) in [6.45, 7) is 0.163. The Morgan fingerprint density at radius 2 is 1.74 bits per heavy atom. The van der Waals surface area contributed by atoms with E-state index in [0.717, 1.165) is 19.4 Å². The number of hydrogen-bond donors (Lipinski definition) is 3. The Morgan fingerprint density at radius 1 is 1.05 bits per heavy atom. The van der Waals surface area contributed by atoms with E-state index in [0.29, 0.717) is 12.0 Å². The maximum absolute atomic E-state index is 11.9. The van der Waals surface area contributed by atoms with E-state index in [9.17, 15) is 14.4 Å². The maximum Gasteiger partial charge on any atom is 0.322 e. The Morgan fingerprint density at radius 3 is 2.26 bits per heavy atom. The summed E-state index contributed by atoms with van der Waals surface area (Å²) < 4.78 is 0. The van der Waals surface area contributed by atoms with Crippen LogP contribution in [-0.2, 0) is 9.59 Å². The lowest BCUT2D eigenvalue weighted by Gasteiger charge is -2.22. The molecule has 0 spiro atoms. The molecule has 106 valence electrons. The minimum absolute atomic E-state index is 0.181. The van der Waals surface area contributed by atoms with Gasteiger partial charge in [-0.25, -0.2) is 4.79 Å². The molecule has 0 radical (unpaired) electrons. The second kappa shape index (κ2) is 5.90. The van der Waals surface area contributed by atoms with E-state index in [-0.39, 0.29) is 12.6 Å². The first-order valence-electron chi connectivity index (χ1n) is 6.59. The minimum atomic E-state index is -1.10. The molecule has 0 aromatic heterocycles. The molecule has 0 saturated heterocycles. The minimum Gasteiger partial charge on any atom is -0.480 e. The normalized spacial score (nSPS) is 17.7. The van der Waals surface area contributed by atoms with Crippen molar-refractivity contribution < 1.29 is 19.5 Å². The highest BCUT2D eigenvalue weighted by Gasteiger charge is 2.36. The third kappa shape index (κ3) is 4.76. The molecule has 0 bridgehead atoms. The second-order valence-electron chi connectivity index (χ2n) is 5.16. The lowest BCUT2D eigenvalue weighted by atomic mass is 10.3. The smallest absolute Gasteiger partial charge is 0.322 e. The Balaban J connectivity index is 1.69. The van der Waals surface area contributed by atoms with E-state index in [1.807, 2.05) is 4.90 Å². The van der Waals surface area contributed by atoms with Gasteiger partial charge in [0.15, 0.2) is 0 Å². The molecule has 7 heteroatoms. The molecule has 0 atom stereocenters. The fourth-order valence-electron chi connectivity index (χ4n) is 1.86. The van der Waals surface area contributed by atoms with Crippen molar-refractivity contribution in [2.75, 3.05) is 19.6 Å². The van der Waals surface area contributed by atoms with Crippen molar-refractivity contribution in [3.63, 3.8) is 0 Å². The molecule has 19 heavy (non-hydrogen) atoms. The van der Waals surface area contributed by atoms with Crippen LogP contribution in [0.3, 0.4) is 0 Å². The van der Waals surface area contributed by atoms with Crippen molar-refractivity contribution in [3.8, 4) is 0 Å². The number of aliphatic carboxylic acids is 1. The topological polar surface area (TPSA) is 98.7 Å². The lowest BCUT2D eigenvalue weighted by Crippen LogP contribution is -2.46. The fourth-order valence-corrected chi connectivity index (χ4v) is 1.86. The van der Waals surface area contributed by atoms with Gasteiger partial charge in [-0.15, -0.1) is 0 Å². The highest BCUT2D eigenvalue weighted by atomic mass is 16.4. The summed E-state index contributed by atoms with van der Waals surface area (Å²) in [5.41, 5.74) is 0. The first-order chi connectivity index (χ1) is 9.06. The Kier molecular flexibility index (Phi) is 4.24. The number of nitrogens with zero attached hydrogens (tertiary/aromatic N) is 1. The van der Waals surface area contributed by atoms with Crippen LogP contribution >= 0.6 is 0 Å². The zero-order valence-corrected chi connectivity index (χ0v) is 10.7. The highest BCUT2D eigenvalue weighted by molar-refractivity contribution is 5.86. The van der Waals surface area contributed by atoms with Crippen molar-refractivity contribution in [2.45, 2.75) is 31.7 Å². The summed E-state index contributed by atoms with van der Waals surface area (Å²) in [5, 5.41) is 13.2. The molecule has 0 aliphatic heterocycles. The molecule has 2 aliphatic rings. The summed E-state index contributed by atoms with van der Waals surface area (Å²) in [5.74, 6) is -0.974. The monoisotopic (exact) mass is 269 g/mol. The molecule has 0 heterocycles. The van der Waals surface area contributed by atoms with E-state index in [1.165, 1.54) is 12.8 Å². The van der Waals surface area contributed by atoms with Gasteiger partial charge in [0.2, 0.25) is 5.91 Å². The van der Waals surface area contributed by atoms with Gasteiger partial charge in [0.1, 0.15) is 6.54 Å². The van der Waals surface area contributed by atoms with Crippen LogP contribution in [0.1, 0.15) is 25.7 Å². The van der Waals surface area contributed by atoms with Crippen molar-refractivity contribution in [1.29, 1.82) is 0 Å². The molecule has 2 fully saturated rings. The quantitative estimate of drug-likeness (QED) is 0.594. The maximum atomic E-state index is 11.9. The SMILES string of the molecule is O=C(O)CNC(=O)CNC(=O)N(CC1CC1)C1CC1. The van der Waals surface area contributed by atoms with Crippen LogP contribution in [-0.4, -0.2) is 53.6 Å². The third-order valence-electron chi connectivity index (χ3n) is 3.24. The predicted octanol–water partition coefficient (Wildman–Crippen LogP) is -0.229. The number of carboxylic acid groups (broad SMARTS) is 1. The molecule has 2 rings (SSSR count). The Hall–Kier alpha value is -1.79. The van der Waals surface area contributed by atoms with Gasteiger partial charge < -0.3 is 20.6 Å². The zero-order chi connectivity index (χ0) is 13.8. The van der Waals surface area contributed by atoms with Gasteiger partial charge in [-0.05, 0) is 31.6 Å². The number of rotatable bonds is 7. The van der Waals surface area contributed by atoms with E-state index in [1.54, 1.807) is 0 Å². The number of carbonyl (C=O) groups is 3. The number of urea groups is 1. The molecule has 3 N–H and O–H groups in total. The van der Waals surface area contributed by atoms with Crippen molar-refractivity contribution in [2.24, 2.45) is 5.92 Å². The first-order valence-corrected chi connectivity index (χ1v) is 6.59. The summed E-state index contributed by atoms with van der Waals surface area (Å²) >= 11 is 0. The number of hydrogen-bond acceptors (Lipinski definition) is 3. The van der Waals surface area contributed by atoms with Crippen LogP contribution in [0.5, 0.6) is 0 Å². The predicted molar refractivity (Wildman–Crippen MR) is 66.5 cm³/mol. The average Bonchev–Trinajstić information content (AvgIpc) is 3.23. The average molecular weight is 269 g/mol. The standard InChI is InChI=1S/C12H19N3O4/c16-10(13-6-11(17)18)5-14-12(19)15(9-3-4-9)7-8-1-2-8/h8-9H,1-7H2,(H,13,16)(H,14,19)(H,17,18). The zero-order valence-electron chi connectivity index (χ0n) is 10.7. The van der Waals surface area contributed by atoms with Gasteiger partial charge >= 0.3 is 12.0 Å². The molecule has 2 saturated carbocycles. The highest BCUT2D eigenvalue weighted by Crippen LogP contribution is 2.34. The molecule has 0 aromatic rings. The largest absolute Gasteiger partial charge is 0.480 e. The van der Waals surface area contributed by atoms with Gasteiger partial charge in [-0.3, -0.25) is 9.59 Å². The van der Waals surface area contributed by atoms with Gasteiger partial charge in [-0.2, -0.15) is 0 Å². The van der Waals surface area contributed by atoms with Crippen LogP contribution < -0.4 is 10.6 Å². The van der Waals surface area contributed by atoms with Crippen molar-refractivity contribution in [3.05, 3.63) is 0 Å². The van der Waals surface area contributed by atoms with Crippen molar-refractivity contribution in [1.82, 2.24) is 15.5 Å². The number of carboxylic acids is 1. The molecular formula is C12H19N3O4. The van der Waals surface area contributed by atoms with E-state index in [2.05, 4.69) is 10.6 Å². The van der Waals surface area contributed by atoms with Gasteiger partial charge in [0, 0.05) is 12.6 Å². The molecule has 2 aliphatic carbocycles. The summed E-state index contributed by atoms with van der Waals surface area (Å²) in [7, 11) is 0. The Labute approximate surface area is 111 Å². The van der Waals surface area contributed by atoms with Crippen LogP contribution in [0.4, 0.5) is 4.79 Å². The fraction of sp³-hybridized carbons (Fsp3) is 0.750. The van der Waals surface area contributed by atoms with Crippen LogP contribution in [0.2, 0.25) is 0 Å². The lowest BCUT2D eigenvalue weighted by molar-refractivity contribution is -0.137. The van der Waals surface area contributed by atoms with Crippen LogP contribution in [0.15, 0.2) is 0 Å².